The molecule has 3 nitrogen and oxygen atoms in total. The number of nitrogens with one attached hydrogen (secondary N) is 1. The molecule has 0 aliphatic carbocycles. The highest BCUT2D eigenvalue weighted by Gasteiger charge is 2.16. The average molecular weight is 279 g/mol. The van der Waals surface area contributed by atoms with Gasteiger partial charge in [-0.05, 0) is 36.5 Å². The SMILES string of the molecule is O=C(O)c1[nH]c2ccccc2c1CCCc1ccccc1. The lowest BCUT2D eigenvalue weighted by Crippen LogP contribution is -2.02. The number of fused-ring (bicyclic) bond motifs is 1. The zero-order valence-corrected chi connectivity index (χ0v) is 11.7. The Morgan fingerprint density at radius 3 is 2.43 bits per heavy atom. The quantitative estimate of drug-likeness (QED) is 0.740. The van der Waals surface area contributed by atoms with Crippen LogP contribution in [-0.4, -0.2) is 16.1 Å². The van der Waals surface area contributed by atoms with Crippen molar-refractivity contribution in [1.82, 2.24) is 4.98 Å². The van der Waals surface area contributed by atoms with Crippen LogP contribution in [-0.2, 0) is 12.8 Å². The van der Waals surface area contributed by atoms with Crippen molar-refractivity contribution >= 4 is 16.9 Å². The fourth-order valence-corrected chi connectivity index (χ4v) is 2.76. The van der Waals surface area contributed by atoms with Crippen molar-refractivity contribution in [3.05, 3.63) is 71.4 Å². The third kappa shape index (κ3) is 2.82. The molecule has 2 aromatic carbocycles. The van der Waals surface area contributed by atoms with E-state index in [0.29, 0.717) is 5.69 Å². The maximum atomic E-state index is 11.4. The van der Waals surface area contributed by atoms with Crippen molar-refractivity contribution < 1.29 is 9.90 Å². The predicted molar refractivity (Wildman–Crippen MR) is 83.7 cm³/mol. The number of para-hydroxylation sites is 1. The van der Waals surface area contributed by atoms with Crippen molar-refractivity contribution in [3.63, 3.8) is 0 Å². The lowest BCUT2D eigenvalue weighted by Gasteiger charge is -2.03. The molecule has 0 saturated carbocycles. The van der Waals surface area contributed by atoms with Gasteiger partial charge >= 0.3 is 5.97 Å². The minimum absolute atomic E-state index is 0.323. The maximum absolute atomic E-state index is 11.4. The molecule has 1 heterocycles. The molecule has 0 atom stereocenters. The molecule has 0 fully saturated rings. The van der Waals surface area contributed by atoms with Crippen LogP contribution in [0.3, 0.4) is 0 Å². The van der Waals surface area contributed by atoms with Gasteiger partial charge in [-0.15, -0.1) is 0 Å². The number of aromatic carboxylic acids is 1. The molecule has 3 rings (SSSR count). The van der Waals surface area contributed by atoms with E-state index in [-0.39, 0.29) is 0 Å². The van der Waals surface area contributed by atoms with E-state index >= 15 is 0 Å². The van der Waals surface area contributed by atoms with E-state index in [1.807, 2.05) is 42.5 Å². The van der Waals surface area contributed by atoms with Gasteiger partial charge in [-0.1, -0.05) is 48.5 Å². The van der Waals surface area contributed by atoms with Crippen LogP contribution in [0.25, 0.3) is 10.9 Å². The smallest absolute Gasteiger partial charge is 0.352 e. The molecule has 21 heavy (non-hydrogen) atoms. The first-order chi connectivity index (χ1) is 10.3. The number of carboxylic acids is 1. The molecule has 3 aromatic rings. The number of rotatable bonds is 5. The van der Waals surface area contributed by atoms with Crippen LogP contribution in [0.2, 0.25) is 0 Å². The fraction of sp³-hybridized carbons (Fsp3) is 0.167. The number of H-pyrrole nitrogens is 1. The van der Waals surface area contributed by atoms with Crippen LogP contribution >= 0.6 is 0 Å². The van der Waals surface area contributed by atoms with Crippen LogP contribution in [0.4, 0.5) is 0 Å². The number of carboxylic acid groups (broad SMARTS) is 1. The minimum atomic E-state index is -0.888. The number of aromatic amines is 1. The summed E-state index contributed by atoms with van der Waals surface area (Å²) in [4.78, 5) is 14.4. The Hall–Kier alpha value is -2.55. The molecule has 3 heteroatoms. The zero-order chi connectivity index (χ0) is 14.7. The van der Waals surface area contributed by atoms with Crippen molar-refractivity contribution in [1.29, 1.82) is 0 Å². The zero-order valence-electron chi connectivity index (χ0n) is 11.7. The maximum Gasteiger partial charge on any atom is 0.352 e. The standard InChI is InChI=1S/C18H17NO2/c20-18(21)17-15(14-10-4-5-12-16(14)19-17)11-6-9-13-7-2-1-3-8-13/h1-5,7-8,10,12,19H,6,9,11H2,(H,20,21). The van der Waals surface area contributed by atoms with Gasteiger partial charge in [0.2, 0.25) is 0 Å². The molecular weight excluding hydrogens is 262 g/mol. The number of aryl methyl sites for hydroxylation is 2. The Kier molecular flexibility index (Phi) is 3.73. The number of aromatic nitrogens is 1. The van der Waals surface area contributed by atoms with Crippen LogP contribution in [0.15, 0.2) is 54.6 Å². The molecule has 2 N–H and O–H groups in total. The number of benzene rings is 2. The molecule has 1 aromatic heterocycles. The van der Waals surface area contributed by atoms with Gasteiger partial charge in [0.25, 0.3) is 0 Å². The topological polar surface area (TPSA) is 53.1 Å². The normalized spacial score (nSPS) is 10.9. The summed E-state index contributed by atoms with van der Waals surface area (Å²) in [6.45, 7) is 0. The predicted octanol–water partition coefficient (Wildman–Crippen LogP) is 4.04. The molecule has 0 aliphatic rings. The summed E-state index contributed by atoms with van der Waals surface area (Å²) >= 11 is 0. The van der Waals surface area contributed by atoms with Gasteiger partial charge < -0.3 is 10.1 Å². The summed E-state index contributed by atoms with van der Waals surface area (Å²) in [6.07, 6.45) is 2.66. The number of hydrogen-bond donors (Lipinski definition) is 2. The van der Waals surface area contributed by atoms with E-state index in [1.54, 1.807) is 0 Å². The Labute approximate surface area is 123 Å². The van der Waals surface area contributed by atoms with E-state index in [1.165, 1.54) is 5.56 Å². The second-order valence-electron chi connectivity index (χ2n) is 5.17. The van der Waals surface area contributed by atoms with E-state index in [4.69, 9.17) is 0 Å². The first-order valence-corrected chi connectivity index (χ1v) is 7.12. The van der Waals surface area contributed by atoms with Gasteiger partial charge in [-0.25, -0.2) is 4.79 Å². The third-order valence-electron chi connectivity index (χ3n) is 3.76. The van der Waals surface area contributed by atoms with Crippen LogP contribution in [0.1, 0.15) is 28.0 Å². The Bertz CT molecular complexity index is 759. The molecule has 0 bridgehead atoms. The van der Waals surface area contributed by atoms with E-state index in [2.05, 4.69) is 17.1 Å². The number of carbonyl (C=O) groups is 1. The lowest BCUT2D eigenvalue weighted by molar-refractivity contribution is 0.0690. The Morgan fingerprint density at radius 2 is 1.67 bits per heavy atom. The van der Waals surface area contributed by atoms with E-state index < -0.39 is 5.97 Å². The molecule has 0 spiro atoms. The molecule has 0 aliphatic heterocycles. The largest absolute Gasteiger partial charge is 0.477 e. The third-order valence-corrected chi connectivity index (χ3v) is 3.76. The van der Waals surface area contributed by atoms with E-state index in [0.717, 1.165) is 35.7 Å². The average Bonchev–Trinajstić information content (AvgIpc) is 2.88. The second kappa shape index (κ2) is 5.83. The molecule has 0 radical (unpaired) electrons. The van der Waals surface area contributed by atoms with E-state index in [9.17, 15) is 9.90 Å². The Morgan fingerprint density at radius 1 is 0.952 bits per heavy atom. The molecule has 0 saturated heterocycles. The van der Waals surface area contributed by atoms with Crippen molar-refractivity contribution in [2.75, 3.05) is 0 Å². The highest BCUT2D eigenvalue weighted by atomic mass is 16.4. The second-order valence-corrected chi connectivity index (χ2v) is 5.17. The highest BCUT2D eigenvalue weighted by molar-refractivity contribution is 5.97. The first kappa shape index (κ1) is 13.4. The summed E-state index contributed by atoms with van der Waals surface area (Å²) in [5.41, 5.74) is 3.41. The monoisotopic (exact) mass is 279 g/mol. The molecule has 0 amide bonds. The van der Waals surface area contributed by atoms with Gasteiger partial charge in [0.05, 0.1) is 0 Å². The van der Waals surface area contributed by atoms with Crippen LogP contribution in [0, 0.1) is 0 Å². The fourth-order valence-electron chi connectivity index (χ4n) is 2.76. The summed E-state index contributed by atoms with van der Waals surface area (Å²) in [5.74, 6) is -0.888. The minimum Gasteiger partial charge on any atom is -0.477 e. The molecule has 106 valence electrons. The van der Waals surface area contributed by atoms with Gasteiger partial charge in [0.15, 0.2) is 0 Å². The van der Waals surface area contributed by atoms with Gasteiger partial charge in [0.1, 0.15) is 5.69 Å². The van der Waals surface area contributed by atoms with Crippen molar-refractivity contribution in [3.8, 4) is 0 Å². The van der Waals surface area contributed by atoms with Gasteiger partial charge in [-0.2, -0.15) is 0 Å². The summed E-state index contributed by atoms with van der Waals surface area (Å²) in [6, 6.07) is 18.0. The van der Waals surface area contributed by atoms with Crippen molar-refractivity contribution in [2.24, 2.45) is 0 Å². The van der Waals surface area contributed by atoms with Crippen LogP contribution in [0.5, 0.6) is 0 Å². The molecule has 0 unspecified atom stereocenters. The van der Waals surface area contributed by atoms with Crippen molar-refractivity contribution in [2.45, 2.75) is 19.3 Å². The number of hydrogen-bond acceptors (Lipinski definition) is 1. The first-order valence-electron chi connectivity index (χ1n) is 7.12. The summed E-state index contributed by atoms with van der Waals surface area (Å²) in [5, 5.41) is 10.4. The summed E-state index contributed by atoms with van der Waals surface area (Å²) < 4.78 is 0. The molecular formula is C18H17NO2. The van der Waals surface area contributed by atoms with Gasteiger partial charge in [-0.3, -0.25) is 0 Å². The highest BCUT2D eigenvalue weighted by Crippen LogP contribution is 2.24. The summed E-state index contributed by atoms with van der Waals surface area (Å²) in [7, 11) is 0. The van der Waals surface area contributed by atoms with Gasteiger partial charge in [0, 0.05) is 10.9 Å². The Balaban J connectivity index is 1.82. The van der Waals surface area contributed by atoms with Crippen LogP contribution < -0.4 is 0 Å². The lowest BCUT2D eigenvalue weighted by atomic mass is 10.0.